The van der Waals surface area contributed by atoms with Crippen LogP contribution in [-0.4, -0.2) is 11.2 Å². The van der Waals surface area contributed by atoms with Crippen LogP contribution >= 0.6 is 0 Å². The SMILES string of the molecule is C=C=C=CC(=O)OO. The Hall–Kier alpha value is -1.27. The van der Waals surface area contributed by atoms with Crippen molar-refractivity contribution in [3.05, 3.63) is 24.1 Å². The molecule has 0 unspecified atom stereocenters. The third kappa shape index (κ3) is 2.94. The summed E-state index contributed by atoms with van der Waals surface area (Å²) in [5.41, 5.74) is 4.34. The fraction of sp³-hybridized carbons (Fsp3) is 0. The predicted octanol–water partition coefficient (Wildman–Crippen LogP) is 0.499. The number of carbonyl (C=O) groups excluding carboxylic acids is 1. The summed E-state index contributed by atoms with van der Waals surface area (Å²) in [6.45, 7) is 3.11. The van der Waals surface area contributed by atoms with Crippen molar-refractivity contribution in [3.8, 4) is 0 Å². The quantitative estimate of drug-likeness (QED) is 0.232. The highest BCUT2D eigenvalue weighted by Gasteiger charge is 1.88. The van der Waals surface area contributed by atoms with Gasteiger partial charge in [-0.2, -0.15) is 5.26 Å². The van der Waals surface area contributed by atoms with Gasteiger partial charge in [-0.3, -0.25) is 4.89 Å². The van der Waals surface area contributed by atoms with Crippen LogP contribution in [0.3, 0.4) is 0 Å². The van der Waals surface area contributed by atoms with Gasteiger partial charge in [0.1, 0.15) is 0 Å². The summed E-state index contributed by atoms with van der Waals surface area (Å²) in [4.78, 5) is 13.1. The van der Waals surface area contributed by atoms with E-state index in [9.17, 15) is 4.79 Å². The van der Waals surface area contributed by atoms with Gasteiger partial charge in [0.15, 0.2) is 0 Å². The van der Waals surface area contributed by atoms with Crippen LogP contribution in [0.15, 0.2) is 24.1 Å². The summed E-state index contributed by atoms with van der Waals surface area (Å²) in [6, 6.07) is 0. The molecule has 0 aromatic heterocycles. The third-order valence-corrected chi connectivity index (χ3v) is 0.382. The third-order valence-electron chi connectivity index (χ3n) is 0.382. The molecule has 3 nitrogen and oxygen atoms in total. The van der Waals surface area contributed by atoms with Gasteiger partial charge in [0, 0.05) is 0 Å². The molecule has 3 heteroatoms. The first-order valence-electron chi connectivity index (χ1n) is 1.77. The fourth-order valence-corrected chi connectivity index (χ4v) is 0.136. The molecule has 0 saturated heterocycles. The molecule has 0 aliphatic carbocycles. The molecule has 0 saturated carbocycles. The van der Waals surface area contributed by atoms with E-state index < -0.39 is 5.97 Å². The Morgan fingerprint density at radius 1 is 1.88 bits per heavy atom. The molecule has 0 spiro atoms. The molecule has 0 aliphatic rings. The fourth-order valence-electron chi connectivity index (χ4n) is 0.136. The minimum absolute atomic E-state index is 0.868. The minimum atomic E-state index is -0.888. The van der Waals surface area contributed by atoms with Crippen LogP contribution in [0.2, 0.25) is 0 Å². The molecule has 42 valence electrons. The molecule has 0 rings (SSSR count). The van der Waals surface area contributed by atoms with Gasteiger partial charge in [-0.05, 0) is 6.58 Å². The number of hydrogen-bond donors (Lipinski definition) is 1. The zero-order chi connectivity index (χ0) is 6.41. The molecule has 0 radical (unpaired) electrons. The Kier molecular flexibility index (Phi) is 3.28. The first kappa shape index (κ1) is 6.73. The van der Waals surface area contributed by atoms with Crippen LogP contribution in [0.5, 0.6) is 0 Å². The van der Waals surface area contributed by atoms with Crippen molar-refractivity contribution in [3.63, 3.8) is 0 Å². The van der Waals surface area contributed by atoms with Gasteiger partial charge in [0.2, 0.25) is 0 Å². The van der Waals surface area contributed by atoms with Crippen LogP contribution in [0.4, 0.5) is 0 Å². The zero-order valence-electron chi connectivity index (χ0n) is 4.05. The van der Waals surface area contributed by atoms with Crippen LogP contribution in [0.25, 0.3) is 0 Å². The molecule has 0 aliphatic heterocycles. The van der Waals surface area contributed by atoms with E-state index in [0.717, 1.165) is 6.08 Å². The van der Waals surface area contributed by atoms with Gasteiger partial charge >= 0.3 is 5.97 Å². The largest absolute Gasteiger partial charge is 0.373 e. The number of carbonyl (C=O) groups is 1. The second-order valence-corrected chi connectivity index (χ2v) is 0.876. The maximum Gasteiger partial charge on any atom is 0.373 e. The van der Waals surface area contributed by atoms with E-state index in [1.165, 1.54) is 0 Å². The van der Waals surface area contributed by atoms with Gasteiger partial charge in [-0.1, -0.05) is 11.5 Å². The predicted molar refractivity (Wildman–Crippen MR) is 25.9 cm³/mol. The van der Waals surface area contributed by atoms with Crippen LogP contribution < -0.4 is 0 Å². The molecular formula is C5H4O3. The lowest BCUT2D eigenvalue weighted by atomic mass is 10.6. The molecule has 0 heterocycles. The topological polar surface area (TPSA) is 46.5 Å². The van der Waals surface area contributed by atoms with Gasteiger partial charge in [0.25, 0.3) is 0 Å². The van der Waals surface area contributed by atoms with E-state index in [0.29, 0.717) is 0 Å². The van der Waals surface area contributed by atoms with E-state index >= 15 is 0 Å². The molecule has 1 N–H and O–H groups in total. The van der Waals surface area contributed by atoms with Crippen molar-refractivity contribution in [1.82, 2.24) is 0 Å². The Balaban J connectivity index is 3.90. The smallest absolute Gasteiger partial charge is 0.295 e. The van der Waals surface area contributed by atoms with Crippen molar-refractivity contribution in [1.29, 1.82) is 0 Å². The van der Waals surface area contributed by atoms with Gasteiger partial charge in [-0.25, -0.2) is 4.79 Å². The molecule has 0 amide bonds. The molecule has 0 aromatic carbocycles. The summed E-state index contributed by atoms with van der Waals surface area (Å²) < 4.78 is 0. The monoisotopic (exact) mass is 112 g/mol. The van der Waals surface area contributed by atoms with Gasteiger partial charge in [-0.15, -0.1) is 0 Å². The van der Waals surface area contributed by atoms with Gasteiger partial charge < -0.3 is 0 Å². The Labute approximate surface area is 46.1 Å². The lowest BCUT2D eigenvalue weighted by molar-refractivity contribution is -0.228. The van der Waals surface area contributed by atoms with Gasteiger partial charge in [0.05, 0.1) is 6.08 Å². The summed E-state index contributed by atoms with van der Waals surface area (Å²) in [5.74, 6) is -0.888. The first-order chi connectivity index (χ1) is 3.81. The standard InChI is InChI=1S/C5H4O3/c1-2-3-4-5(6)8-7/h4,7H,1H2. The highest BCUT2D eigenvalue weighted by molar-refractivity contribution is 5.80. The van der Waals surface area contributed by atoms with Crippen LogP contribution in [0, 0.1) is 0 Å². The second kappa shape index (κ2) is 3.90. The average Bonchev–Trinajstić information content (AvgIpc) is 1.83. The molecule has 0 aromatic rings. The Morgan fingerprint density at radius 2 is 2.50 bits per heavy atom. The molecule has 0 atom stereocenters. The maximum absolute atomic E-state index is 9.91. The maximum atomic E-state index is 9.91. The van der Waals surface area contributed by atoms with Crippen molar-refractivity contribution >= 4 is 5.97 Å². The zero-order valence-corrected chi connectivity index (χ0v) is 4.05. The van der Waals surface area contributed by atoms with E-state index in [1.54, 1.807) is 0 Å². The Morgan fingerprint density at radius 3 is 2.88 bits per heavy atom. The second-order valence-electron chi connectivity index (χ2n) is 0.876. The number of hydrogen-bond acceptors (Lipinski definition) is 3. The van der Waals surface area contributed by atoms with E-state index in [2.05, 4.69) is 22.9 Å². The lowest BCUT2D eigenvalue weighted by Gasteiger charge is -1.78. The van der Waals surface area contributed by atoms with Crippen LogP contribution in [-0.2, 0) is 9.68 Å². The van der Waals surface area contributed by atoms with Crippen molar-refractivity contribution < 1.29 is 14.9 Å². The van der Waals surface area contributed by atoms with E-state index in [4.69, 9.17) is 5.26 Å². The van der Waals surface area contributed by atoms with Crippen molar-refractivity contribution in [2.24, 2.45) is 0 Å². The normalized spacial score (nSPS) is 6.12. The highest BCUT2D eigenvalue weighted by Crippen LogP contribution is 1.70. The average molecular weight is 112 g/mol. The minimum Gasteiger partial charge on any atom is -0.295 e. The molecular weight excluding hydrogens is 108 g/mol. The van der Waals surface area contributed by atoms with Crippen LogP contribution in [0.1, 0.15) is 0 Å². The summed E-state index contributed by atoms with van der Waals surface area (Å²) in [7, 11) is 0. The summed E-state index contributed by atoms with van der Waals surface area (Å²) >= 11 is 0. The van der Waals surface area contributed by atoms with Crippen molar-refractivity contribution in [2.75, 3.05) is 0 Å². The Bertz CT molecular complexity index is 159. The molecule has 0 fully saturated rings. The van der Waals surface area contributed by atoms with Crippen molar-refractivity contribution in [2.45, 2.75) is 0 Å². The summed E-state index contributed by atoms with van der Waals surface area (Å²) in [5, 5.41) is 7.59. The highest BCUT2D eigenvalue weighted by atomic mass is 17.1. The number of rotatable bonds is 1. The summed E-state index contributed by atoms with van der Waals surface area (Å²) in [6.07, 6.45) is 0.868. The van der Waals surface area contributed by atoms with E-state index in [-0.39, 0.29) is 0 Å². The first-order valence-corrected chi connectivity index (χ1v) is 1.77. The molecule has 8 heavy (non-hydrogen) atoms. The van der Waals surface area contributed by atoms with E-state index in [1.807, 2.05) is 0 Å². The lowest BCUT2D eigenvalue weighted by Crippen LogP contribution is -1.92. The molecule has 0 bridgehead atoms.